The Hall–Kier alpha value is -3.33. The third-order valence-electron chi connectivity index (χ3n) is 5.85. The molecule has 188 valence electrons. The predicted molar refractivity (Wildman–Crippen MR) is 153 cm³/mol. The van der Waals surface area contributed by atoms with Crippen molar-refractivity contribution in [1.29, 1.82) is 0 Å². The summed E-state index contributed by atoms with van der Waals surface area (Å²) in [6.07, 6.45) is 8.21. The van der Waals surface area contributed by atoms with Gasteiger partial charge in [0.2, 0.25) is 5.91 Å². The smallest absolute Gasteiger partial charge is 0.326 e. The van der Waals surface area contributed by atoms with E-state index in [0.29, 0.717) is 22.1 Å². The maximum absolute atomic E-state index is 13.5. The molecule has 1 heterocycles. The number of hydrogen-bond donors (Lipinski definition) is 2. The van der Waals surface area contributed by atoms with Gasteiger partial charge in [0, 0.05) is 21.2 Å². The number of thioether (sulfide) groups is 2. The van der Waals surface area contributed by atoms with E-state index < -0.39 is 0 Å². The van der Waals surface area contributed by atoms with Crippen LogP contribution in [0.4, 0.5) is 21.9 Å². The van der Waals surface area contributed by atoms with Gasteiger partial charge in [-0.1, -0.05) is 54.1 Å². The van der Waals surface area contributed by atoms with E-state index in [1.165, 1.54) is 18.9 Å². The third kappa shape index (κ3) is 5.82. The van der Waals surface area contributed by atoms with Crippen LogP contribution in [0, 0.1) is 0 Å². The van der Waals surface area contributed by atoms with Gasteiger partial charge in [-0.05, 0) is 48.5 Å². The molecular weight excluding hydrogens is 526 g/mol. The van der Waals surface area contributed by atoms with Crippen LogP contribution in [-0.2, 0) is 4.79 Å². The number of carbonyl (C=O) groups excluding carboxylic acids is 2. The van der Waals surface area contributed by atoms with Crippen molar-refractivity contribution in [3.8, 4) is 5.75 Å². The second-order valence-electron chi connectivity index (χ2n) is 8.32. The minimum Gasteiger partial charge on any atom is -0.495 e. The molecule has 6 nitrogen and oxygen atoms in total. The molecule has 1 aliphatic carbocycles. The minimum atomic E-state index is -0.195. The van der Waals surface area contributed by atoms with Crippen molar-refractivity contribution >= 4 is 64.1 Å². The summed E-state index contributed by atoms with van der Waals surface area (Å²) in [6.45, 7) is 0. The Labute approximate surface area is 229 Å². The molecule has 0 radical (unpaired) electrons. The van der Waals surface area contributed by atoms with Gasteiger partial charge in [-0.15, -0.1) is 23.5 Å². The molecule has 0 spiro atoms. The number of nitrogens with one attached hydrogen (secondary N) is 2. The predicted octanol–water partition coefficient (Wildman–Crippen LogP) is 7.09. The fourth-order valence-corrected chi connectivity index (χ4v) is 6.43. The van der Waals surface area contributed by atoms with Crippen molar-refractivity contribution < 1.29 is 14.3 Å². The normalized spacial score (nSPS) is 17.5. The molecule has 2 unspecified atom stereocenters. The standard InChI is InChI=1S/C28H24ClN3O3S2/c1-35-24-14-13-19(16-21(24)29)30-27(33)17-36-20-8-6-7-18(15-20)31-28(34)32-22-9-2-4-11-25(22)37-26-12-5-3-10-23(26)32/h2-16,22,25H,17H2,1H3,(H,30,33)(H,31,34). The van der Waals surface area contributed by atoms with Gasteiger partial charge in [0.25, 0.3) is 0 Å². The average Bonchev–Trinajstić information content (AvgIpc) is 2.91. The van der Waals surface area contributed by atoms with Crippen LogP contribution in [0.15, 0.2) is 101 Å². The molecule has 5 rings (SSSR count). The van der Waals surface area contributed by atoms with E-state index in [2.05, 4.69) is 22.8 Å². The quantitative estimate of drug-likeness (QED) is 0.321. The number of allylic oxidation sites excluding steroid dienone is 2. The van der Waals surface area contributed by atoms with Gasteiger partial charge in [0.15, 0.2) is 0 Å². The second kappa shape index (κ2) is 11.4. The summed E-state index contributed by atoms with van der Waals surface area (Å²) in [4.78, 5) is 29.7. The second-order valence-corrected chi connectivity index (χ2v) is 11.0. The van der Waals surface area contributed by atoms with Crippen molar-refractivity contribution in [3.05, 3.63) is 96.1 Å². The van der Waals surface area contributed by atoms with E-state index >= 15 is 0 Å². The lowest BCUT2D eigenvalue weighted by molar-refractivity contribution is -0.113. The zero-order chi connectivity index (χ0) is 25.8. The van der Waals surface area contributed by atoms with Crippen LogP contribution in [0.5, 0.6) is 5.75 Å². The number of nitrogens with zero attached hydrogens (tertiary/aromatic N) is 1. The molecule has 9 heteroatoms. The Morgan fingerprint density at radius 2 is 1.81 bits per heavy atom. The molecule has 1 aliphatic heterocycles. The summed E-state index contributed by atoms with van der Waals surface area (Å²) >= 11 is 9.29. The summed E-state index contributed by atoms with van der Waals surface area (Å²) in [6, 6.07) is 20.3. The molecule has 3 aromatic carbocycles. The number of para-hydroxylation sites is 1. The molecule has 3 amide bonds. The van der Waals surface area contributed by atoms with E-state index in [-0.39, 0.29) is 29.0 Å². The van der Waals surface area contributed by atoms with Crippen LogP contribution < -0.4 is 20.3 Å². The van der Waals surface area contributed by atoms with E-state index in [1.54, 1.807) is 30.0 Å². The minimum absolute atomic E-state index is 0.0717. The lowest BCUT2D eigenvalue weighted by Crippen LogP contribution is -2.49. The number of fused-ring (bicyclic) bond motifs is 2. The molecule has 0 saturated heterocycles. The third-order valence-corrected chi connectivity index (χ3v) is 8.45. The molecular formula is C28H24ClN3O3S2. The Balaban J connectivity index is 1.24. The average molecular weight is 550 g/mol. The van der Waals surface area contributed by atoms with Gasteiger partial charge in [-0.2, -0.15) is 0 Å². The summed E-state index contributed by atoms with van der Waals surface area (Å²) in [7, 11) is 1.54. The van der Waals surface area contributed by atoms with Crippen LogP contribution >= 0.6 is 35.1 Å². The highest BCUT2D eigenvalue weighted by Gasteiger charge is 2.36. The van der Waals surface area contributed by atoms with E-state index in [4.69, 9.17) is 16.3 Å². The van der Waals surface area contributed by atoms with Gasteiger partial charge in [-0.3, -0.25) is 9.69 Å². The molecule has 3 aromatic rings. The van der Waals surface area contributed by atoms with Crippen LogP contribution in [0.3, 0.4) is 0 Å². The fourth-order valence-electron chi connectivity index (χ4n) is 4.16. The Morgan fingerprint density at radius 3 is 2.65 bits per heavy atom. The van der Waals surface area contributed by atoms with Gasteiger partial charge in [0.1, 0.15) is 5.75 Å². The topological polar surface area (TPSA) is 70.7 Å². The monoisotopic (exact) mass is 549 g/mol. The number of methoxy groups -OCH3 is 1. The van der Waals surface area contributed by atoms with Crippen molar-refractivity contribution in [2.45, 2.75) is 21.1 Å². The molecule has 2 aliphatic rings. The zero-order valence-electron chi connectivity index (χ0n) is 19.9. The molecule has 2 N–H and O–H groups in total. The molecule has 0 fully saturated rings. The van der Waals surface area contributed by atoms with Crippen LogP contribution in [0.1, 0.15) is 0 Å². The SMILES string of the molecule is COc1ccc(NC(=O)CSc2cccc(NC(=O)N3c4ccccc4SC4C=CC=CC43)c2)cc1Cl. The van der Waals surface area contributed by atoms with E-state index in [0.717, 1.165) is 15.5 Å². The summed E-state index contributed by atoms with van der Waals surface area (Å²) < 4.78 is 5.14. The number of urea groups is 1. The van der Waals surface area contributed by atoms with Gasteiger partial charge in [-0.25, -0.2) is 4.79 Å². The largest absolute Gasteiger partial charge is 0.495 e. The number of rotatable bonds is 6. The maximum Gasteiger partial charge on any atom is 0.326 e. The zero-order valence-corrected chi connectivity index (χ0v) is 22.3. The fraction of sp³-hybridized carbons (Fsp3) is 0.143. The van der Waals surface area contributed by atoms with Crippen molar-refractivity contribution in [1.82, 2.24) is 0 Å². The Bertz CT molecular complexity index is 1390. The number of halogens is 1. The maximum atomic E-state index is 13.5. The van der Waals surface area contributed by atoms with Crippen LogP contribution in [0.25, 0.3) is 0 Å². The van der Waals surface area contributed by atoms with E-state index in [9.17, 15) is 9.59 Å². The summed E-state index contributed by atoms with van der Waals surface area (Å²) in [5.41, 5.74) is 2.16. The first-order chi connectivity index (χ1) is 18.0. The number of ether oxygens (including phenoxy) is 1. The first-order valence-electron chi connectivity index (χ1n) is 11.6. The highest BCUT2D eigenvalue weighted by atomic mass is 35.5. The Morgan fingerprint density at radius 1 is 1.00 bits per heavy atom. The van der Waals surface area contributed by atoms with E-state index in [1.807, 2.05) is 65.6 Å². The molecule has 37 heavy (non-hydrogen) atoms. The molecule has 2 atom stereocenters. The number of carbonyl (C=O) groups is 2. The van der Waals surface area contributed by atoms with Crippen molar-refractivity contribution in [2.24, 2.45) is 0 Å². The number of amides is 3. The highest BCUT2D eigenvalue weighted by Crippen LogP contribution is 2.43. The molecule has 0 saturated carbocycles. The first-order valence-corrected chi connectivity index (χ1v) is 13.8. The molecule has 0 aromatic heterocycles. The first kappa shape index (κ1) is 25.3. The Kier molecular flexibility index (Phi) is 7.79. The van der Waals surface area contributed by atoms with Crippen molar-refractivity contribution in [2.75, 3.05) is 28.4 Å². The number of hydrogen-bond acceptors (Lipinski definition) is 5. The van der Waals surface area contributed by atoms with Crippen LogP contribution in [-0.4, -0.2) is 36.1 Å². The van der Waals surface area contributed by atoms with Gasteiger partial charge in [0.05, 0.1) is 34.9 Å². The van der Waals surface area contributed by atoms with Crippen LogP contribution in [0.2, 0.25) is 5.02 Å². The highest BCUT2D eigenvalue weighted by molar-refractivity contribution is 8.00. The number of benzene rings is 3. The summed E-state index contributed by atoms with van der Waals surface area (Å²) in [5, 5.41) is 6.48. The lowest BCUT2D eigenvalue weighted by Gasteiger charge is -2.40. The van der Waals surface area contributed by atoms with Gasteiger partial charge >= 0.3 is 6.03 Å². The number of anilines is 3. The molecule has 0 bridgehead atoms. The van der Waals surface area contributed by atoms with Crippen molar-refractivity contribution in [3.63, 3.8) is 0 Å². The van der Waals surface area contributed by atoms with Gasteiger partial charge < -0.3 is 15.4 Å². The summed E-state index contributed by atoms with van der Waals surface area (Å²) in [5.74, 6) is 0.594. The lowest BCUT2D eigenvalue weighted by atomic mass is 10.1.